The number of aromatic nitrogens is 1. The van der Waals surface area contributed by atoms with Gasteiger partial charge in [0.05, 0.1) is 35.8 Å². The van der Waals surface area contributed by atoms with Crippen molar-refractivity contribution < 1.29 is 14.3 Å². The zero-order chi connectivity index (χ0) is 15.8. The molecule has 1 aliphatic heterocycles. The summed E-state index contributed by atoms with van der Waals surface area (Å²) in [6.45, 7) is 9.54. The number of rotatable bonds is 2. The average molecular weight is 293 g/mol. The Bertz CT molecular complexity index is 539. The molecule has 0 bridgehead atoms. The molecule has 21 heavy (non-hydrogen) atoms. The van der Waals surface area contributed by atoms with E-state index in [1.807, 2.05) is 27.7 Å². The molecule has 0 spiro atoms. The fourth-order valence-corrected chi connectivity index (χ4v) is 2.86. The molecule has 0 saturated carbocycles. The predicted octanol–water partition coefficient (Wildman–Crippen LogP) is 1.84. The predicted molar refractivity (Wildman–Crippen MR) is 81.4 cm³/mol. The van der Waals surface area contributed by atoms with Crippen LogP contribution in [-0.2, 0) is 9.47 Å². The molecule has 0 unspecified atom stereocenters. The van der Waals surface area contributed by atoms with Gasteiger partial charge in [-0.15, -0.1) is 0 Å². The van der Waals surface area contributed by atoms with Gasteiger partial charge in [0, 0.05) is 13.1 Å². The molecule has 0 radical (unpaired) electrons. The Balaban J connectivity index is 2.35. The number of nitrogens with two attached hydrogens (primary N) is 1. The number of hydrogen-bond acceptors (Lipinski definition) is 6. The molecule has 0 aromatic carbocycles. The number of nitrogens with zero attached hydrogens (tertiary/aromatic N) is 2. The van der Waals surface area contributed by atoms with Gasteiger partial charge in [0.25, 0.3) is 0 Å². The maximum atomic E-state index is 11.8. The average Bonchev–Trinajstić information content (AvgIpc) is 2.34. The van der Waals surface area contributed by atoms with Crippen LogP contribution in [0.25, 0.3) is 0 Å². The van der Waals surface area contributed by atoms with E-state index in [1.165, 1.54) is 13.3 Å². The Kier molecular flexibility index (Phi) is 3.84. The molecule has 6 heteroatoms. The summed E-state index contributed by atoms with van der Waals surface area (Å²) in [5, 5.41) is 0. The minimum atomic E-state index is -0.456. The fraction of sp³-hybridized carbons (Fsp3) is 0.600. The van der Waals surface area contributed by atoms with Crippen LogP contribution in [0, 0.1) is 0 Å². The summed E-state index contributed by atoms with van der Waals surface area (Å²) in [7, 11) is 1.34. The molecule has 2 N–H and O–H groups in total. The number of ether oxygens (including phenoxy) is 2. The number of pyridine rings is 1. The van der Waals surface area contributed by atoms with Crippen molar-refractivity contribution in [2.45, 2.75) is 38.9 Å². The molecule has 6 nitrogen and oxygen atoms in total. The van der Waals surface area contributed by atoms with E-state index in [0.717, 1.165) is 0 Å². The maximum Gasteiger partial charge on any atom is 0.340 e. The van der Waals surface area contributed by atoms with E-state index in [1.54, 1.807) is 6.07 Å². The van der Waals surface area contributed by atoms with Crippen molar-refractivity contribution in [1.82, 2.24) is 4.98 Å². The van der Waals surface area contributed by atoms with Crippen LogP contribution in [0.3, 0.4) is 0 Å². The summed E-state index contributed by atoms with van der Waals surface area (Å²) in [4.78, 5) is 18.2. The second-order valence-electron chi connectivity index (χ2n) is 6.60. The number of anilines is 2. The van der Waals surface area contributed by atoms with Crippen molar-refractivity contribution in [2.24, 2.45) is 0 Å². The van der Waals surface area contributed by atoms with Gasteiger partial charge in [-0.05, 0) is 33.8 Å². The Hall–Kier alpha value is -1.82. The normalized spacial score (nSPS) is 20.1. The van der Waals surface area contributed by atoms with Crippen LogP contribution in [0.15, 0.2) is 12.3 Å². The Morgan fingerprint density at radius 2 is 1.90 bits per heavy atom. The molecule has 0 amide bonds. The van der Waals surface area contributed by atoms with Gasteiger partial charge in [0.1, 0.15) is 5.82 Å². The van der Waals surface area contributed by atoms with Gasteiger partial charge in [-0.1, -0.05) is 0 Å². The van der Waals surface area contributed by atoms with Gasteiger partial charge in [-0.3, -0.25) is 0 Å². The first-order valence-corrected chi connectivity index (χ1v) is 6.92. The molecule has 2 rings (SSSR count). The number of methoxy groups -OCH3 is 1. The van der Waals surface area contributed by atoms with Crippen LogP contribution in [0.1, 0.15) is 38.1 Å². The van der Waals surface area contributed by atoms with E-state index in [2.05, 4.69) is 9.88 Å². The second-order valence-corrected chi connectivity index (χ2v) is 6.60. The topological polar surface area (TPSA) is 77.7 Å². The lowest BCUT2D eigenvalue weighted by atomic mass is 9.99. The molecule has 1 fully saturated rings. The number of morpholine rings is 1. The van der Waals surface area contributed by atoms with Gasteiger partial charge in [0.15, 0.2) is 0 Å². The Labute approximate surface area is 125 Å². The van der Waals surface area contributed by atoms with Gasteiger partial charge >= 0.3 is 5.97 Å². The first-order chi connectivity index (χ1) is 9.63. The van der Waals surface area contributed by atoms with Crippen LogP contribution in [0.2, 0.25) is 0 Å². The number of carbonyl (C=O) groups excluding carboxylic acids is 1. The number of carbonyl (C=O) groups is 1. The van der Waals surface area contributed by atoms with Gasteiger partial charge in [0.2, 0.25) is 0 Å². The highest BCUT2D eigenvalue weighted by Gasteiger charge is 2.38. The monoisotopic (exact) mass is 293 g/mol. The largest absolute Gasteiger partial charge is 0.465 e. The molecule has 1 saturated heterocycles. The highest BCUT2D eigenvalue weighted by molar-refractivity contribution is 5.95. The van der Waals surface area contributed by atoms with E-state index in [9.17, 15) is 4.79 Å². The minimum Gasteiger partial charge on any atom is -0.465 e. The smallest absolute Gasteiger partial charge is 0.340 e. The SMILES string of the molecule is COC(=O)c1cc(N2CC(C)(C)OC(C)(C)C2)ncc1N. The summed E-state index contributed by atoms with van der Waals surface area (Å²) in [6, 6.07) is 1.68. The first-order valence-electron chi connectivity index (χ1n) is 6.92. The van der Waals surface area contributed by atoms with Crippen LogP contribution < -0.4 is 10.6 Å². The number of hydrogen-bond donors (Lipinski definition) is 1. The highest BCUT2D eigenvalue weighted by atomic mass is 16.5. The van der Waals surface area contributed by atoms with E-state index >= 15 is 0 Å². The summed E-state index contributed by atoms with van der Waals surface area (Å²) >= 11 is 0. The fourth-order valence-electron chi connectivity index (χ4n) is 2.86. The quantitative estimate of drug-likeness (QED) is 0.838. The Morgan fingerprint density at radius 3 is 2.43 bits per heavy atom. The maximum absolute atomic E-state index is 11.8. The van der Waals surface area contributed by atoms with Crippen LogP contribution in [0.4, 0.5) is 11.5 Å². The van der Waals surface area contributed by atoms with Crippen molar-refractivity contribution in [1.29, 1.82) is 0 Å². The molecule has 0 atom stereocenters. The summed E-state index contributed by atoms with van der Waals surface area (Å²) < 4.78 is 10.8. The van der Waals surface area contributed by atoms with E-state index in [0.29, 0.717) is 30.2 Å². The molecule has 116 valence electrons. The minimum absolute atomic E-state index is 0.295. The van der Waals surface area contributed by atoms with Gasteiger partial charge < -0.3 is 20.1 Å². The van der Waals surface area contributed by atoms with Crippen molar-refractivity contribution in [3.8, 4) is 0 Å². The molecular weight excluding hydrogens is 270 g/mol. The molecular formula is C15H23N3O3. The lowest BCUT2D eigenvalue weighted by Crippen LogP contribution is -2.57. The van der Waals surface area contributed by atoms with Crippen LogP contribution in [0.5, 0.6) is 0 Å². The van der Waals surface area contributed by atoms with Gasteiger partial charge in [-0.2, -0.15) is 0 Å². The summed E-state index contributed by atoms with van der Waals surface area (Å²) in [5.41, 5.74) is 5.86. The third-order valence-corrected chi connectivity index (χ3v) is 3.35. The highest BCUT2D eigenvalue weighted by Crippen LogP contribution is 2.31. The second kappa shape index (κ2) is 5.18. The lowest BCUT2D eigenvalue weighted by Gasteiger charge is -2.47. The number of esters is 1. The molecule has 1 aromatic heterocycles. The molecule has 1 aliphatic rings. The van der Waals surface area contributed by atoms with Crippen molar-refractivity contribution in [3.05, 3.63) is 17.8 Å². The van der Waals surface area contributed by atoms with E-state index < -0.39 is 5.97 Å². The summed E-state index contributed by atoms with van der Waals surface area (Å²) in [5.74, 6) is 0.247. The van der Waals surface area contributed by atoms with Crippen molar-refractivity contribution in [3.63, 3.8) is 0 Å². The van der Waals surface area contributed by atoms with E-state index in [4.69, 9.17) is 15.2 Å². The third kappa shape index (κ3) is 3.44. The molecule has 1 aromatic rings. The molecule has 2 heterocycles. The third-order valence-electron chi connectivity index (χ3n) is 3.35. The van der Waals surface area contributed by atoms with Gasteiger partial charge in [-0.25, -0.2) is 9.78 Å². The summed E-state index contributed by atoms with van der Waals surface area (Å²) in [6.07, 6.45) is 1.50. The lowest BCUT2D eigenvalue weighted by molar-refractivity contribution is -0.133. The Morgan fingerprint density at radius 1 is 1.33 bits per heavy atom. The van der Waals surface area contributed by atoms with E-state index in [-0.39, 0.29) is 11.2 Å². The molecule has 0 aliphatic carbocycles. The zero-order valence-electron chi connectivity index (χ0n) is 13.3. The standard InChI is InChI=1S/C15H23N3O3/c1-14(2)8-18(9-15(3,4)21-14)12-6-10(13(19)20-5)11(16)7-17-12/h6-7H,8-9,16H2,1-5H3. The van der Waals surface area contributed by atoms with Crippen LogP contribution in [-0.4, -0.2) is 42.4 Å². The van der Waals surface area contributed by atoms with Crippen LogP contribution >= 0.6 is 0 Å². The van der Waals surface area contributed by atoms with Crippen molar-refractivity contribution in [2.75, 3.05) is 30.8 Å². The zero-order valence-corrected chi connectivity index (χ0v) is 13.3. The van der Waals surface area contributed by atoms with Crippen molar-refractivity contribution >= 4 is 17.5 Å². The number of nitrogen functional groups attached to an aromatic ring is 1. The first kappa shape index (κ1) is 15.6.